The number of hydrogen-bond acceptors (Lipinski definition) is 4. The van der Waals surface area contributed by atoms with Gasteiger partial charge >= 0.3 is 0 Å². The Morgan fingerprint density at radius 1 is 1.24 bits per heavy atom. The Kier molecular flexibility index (Phi) is 4.36. The molecule has 2 fully saturated rings. The average molecular weight is 289 g/mol. The normalized spacial score (nSPS) is 26.8. The van der Waals surface area contributed by atoms with Crippen LogP contribution < -0.4 is 10.5 Å². The van der Waals surface area contributed by atoms with Crippen LogP contribution in [-0.4, -0.2) is 48.6 Å². The van der Waals surface area contributed by atoms with Crippen LogP contribution in [0.1, 0.15) is 31.7 Å². The van der Waals surface area contributed by atoms with Gasteiger partial charge in [0.15, 0.2) is 0 Å². The number of likely N-dealkylation sites (tertiary alicyclic amines) is 1. The van der Waals surface area contributed by atoms with Crippen LogP contribution in [0, 0.1) is 0 Å². The molecule has 2 atom stereocenters. The third-order valence-corrected chi connectivity index (χ3v) is 5.01. The summed E-state index contributed by atoms with van der Waals surface area (Å²) in [7, 11) is 2.29. The molecule has 1 aromatic carbocycles. The fourth-order valence-corrected chi connectivity index (χ4v) is 3.78. The molecule has 4 nitrogen and oxygen atoms in total. The van der Waals surface area contributed by atoms with Gasteiger partial charge in [0.05, 0.1) is 6.61 Å². The van der Waals surface area contributed by atoms with Gasteiger partial charge in [-0.15, -0.1) is 0 Å². The Labute approximate surface area is 127 Å². The first-order chi connectivity index (χ1) is 10.2. The van der Waals surface area contributed by atoms with E-state index in [1.54, 1.807) is 0 Å². The highest BCUT2D eigenvalue weighted by Gasteiger charge is 2.34. The lowest BCUT2D eigenvalue weighted by molar-refractivity contribution is 0.212. The maximum Gasteiger partial charge on any atom is 0.123 e. The van der Waals surface area contributed by atoms with Crippen molar-refractivity contribution in [1.29, 1.82) is 0 Å². The number of nitrogens with zero attached hydrogens (tertiary/aromatic N) is 2. The SMILES string of the molecule is CCOc1ccc(N)cc1CN1CCC2CCC(C1)N2C. The molecular weight excluding hydrogens is 262 g/mol. The fraction of sp³-hybridized carbons (Fsp3) is 0.647. The second kappa shape index (κ2) is 6.24. The first-order valence-electron chi connectivity index (χ1n) is 8.13. The Morgan fingerprint density at radius 3 is 2.86 bits per heavy atom. The fourth-order valence-electron chi connectivity index (χ4n) is 3.78. The number of fused-ring (bicyclic) bond motifs is 2. The van der Waals surface area contributed by atoms with E-state index in [4.69, 9.17) is 10.5 Å². The van der Waals surface area contributed by atoms with E-state index in [1.165, 1.54) is 31.4 Å². The molecule has 0 radical (unpaired) electrons. The van der Waals surface area contributed by atoms with E-state index in [0.29, 0.717) is 12.6 Å². The van der Waals surface area contributed by atoms with Crippen LogP contribution in [0.5, 0.6) is 5.75 Å². The maximum atomic E-state index is 5.96. The van der Waals surface area contributed by atoms with E-state index in [0.717, 1.165) is 30.6 Å². The van der Waals surface area contributed by atoms with Crippen molar-refractivity contribution in [3.63, 3.8) is 0 Å². The number of likely N-dealkylation sites (N-methyl/N-ethyl adjacent to an activating group) is 1. The molecule has 3 rings (SSSR count). The molecule has 0 aliphatic carbocycles. The predicted octanol–water partition coefficient (Wildman–Crippen LogP) is 2.34. The van der Waals surface area contributed by atoms with Crippen molar-refractivity contribution < 1.29 is 4.74 Å². The lowest BCUT2D eigenvalue weighted by atomic mass is 10.1. The van der Waals surface area contributed by atoms with Crippen LogP contribution in [0.3, 0.4) is 0 Å². The Morgan fingerprint density at radius 2 is 2.05 bits per heavy atom. The second-order valence-corrected chi connectivity index (χ2v) is 6.37. The summed E-state index contributed by atoms with van der Waals surface area (Å²) in [6, 6.07) is 7.50. The highest BCUT2D eigenvalue weighted by molar-refractivity contribution is 5.47. The third-order valence-electron chi connectivity index (χ3n) is 5.01. The largest absolute Gasteiger partial charge is 0.494 e. The highest BCUT2D eigenvalue weighted by atomic mass is 16.5. The van der Waals surface area contributed by atoms with Crippen LogP contribution in [0.2, 0.25) is 0 Å². The van der Waals surface area contributed by atoms with Gasteiger partial charge in [-0.25, -0.2) is 0 Å². The zero-order valence-electron chi connectivity index (χ0n) is 13.2. The zero-order chi connectivity index (χ0) is 14.8. The molecule has 21 heavy (non-hydrogen) atoms. The molecule has 2 saturated heterocycles. The van der Waals surface area contributed by atoms with Gasteiger partial charge in [-0.2, -0.15) is 0 Å². The first kappa shape index (κ1) is 14.7. The molecule has 0 spiro atoms. The molecular formula is C17H27N3O. The van der Waals surface area contributed by atoms with Gasteiger partial charge in [-0.3, -0.25) is 9.80 Å². The van der Waals surface area contributed by atoms with Crippen LogP contribution in [0.15, 0.2) is 18.2 Å². The second-order valence-electron chi connectivity index (χ2n) is 6.37. The van der Waals surface area contributed by atoms with Crippen LogP contribution >= 0.6 is 0 Å². The Bertz CT molecular complexity index is 491. The molecule has 1 aromatic rings. The van der Waals surface area contributed by atoms with E-state index in [2.05, 4.69) is 22.9 Å². The highest BCUT2D eigenvalue weighted by Crippen LogP contribution is 2.30. The minimum atomic E-state index is 0.699. The summed E-state index contributed by atoms with van der Waals surface area (Å²) in [4.78, 5) is 5.15. The lowest BCUT2D eigenvalue weighted by Crippen LogP contribution is -2.36. The van der Waals surface area contributed by atoms with E-state index >= 15 is 0 Å². The Hall–Kier alpha value is -1.26. The van der Waals surface area contributed by atoms with Crippen LogP contribution in [-0.2, 0) is 6.54 Å². The number of benzene rings is 1. The lowest BCUT2D eigenvalue weighted by Gasteiger charge is -2.26. The van der Waals surface area contributed by atoms with Gasteiger partial charge < -0.3 is 10.5 Å². The van der Waals surface area contributed by atoms with Gasteiger partial charge in [-0.05, 0) is 51.4 Å². The van der Waals surface area contributed by atoms with Gasteiger partial charge in [0.25, 0.3) is 0 Å². The summed E-state index contributed by atoms with van der Waals surface area (Å²) in [6.45, 7) is 6.00. The molecule has 2 aliphatic rings. The monoisotopic (exact) mass is 289 g/mol. The molecule has 2 bridgehead atoms. The molecule has 0 saturated carbocycles. The van der Waals surface area contributed by atoms with Gasteiger partial charge in [0, 0.05) is 43.0 Å². The molecule has 2 heterocycles. The van der Waals surface area contributed by atoms with E-state index in [-0.39, 0.29) is 0 Å². The number of anilines is 1. The molecule has 116 valence electrons. The molecule has 2 N–H and O–H groups in total. The summed E-state index contributed by atoms with van der Waals surface area (Å²) in [5, 5.41) is 0. The van der Waals surface area contributed by atoms with Crippen molar-refractivity contribution >= 4 is 5.69 Å². The summed E-state index contributed by atoms with van der Waals surface area (Å²) < 4.78 is 5.76. The van der Waals surface area contributed by atoms with E-state index in [1.807, 2.05) is 19.1 Å². The van der Waals surface area contributed by atoms with Crippen molar-refractivity contribution in [2.45, 2.75) is 44.8 Å². The number of ether oxygens (including phenoxy) is 1. The van der Waals surface area contributed by atoms with Crippen molar-refractivity contribution in [2.24, 2.45) is 0 Å². The summed E-state index contributed by atoms with van der Waals surface area (Å²) in [6.07, 6.45) is 3.99. The Balaban J connectivity index is 1.73. The molecule has 0 aromatic heterocycles. The summed E-state index contributed by atoms with van der Waals surface area (Å²) >= 11 is 0. The van der Waals surface area contributed by atoms with Crippen molar-refractivity contribution in [1.82, 2.24) is 9.80 Å². The third kappa shape index (κ3) is 3.16. The van der Waals surface area contributed by atoms with Crippen LogP contribution in [0.25, 0.3) is 0 Å². The number of nitrogens with two attached hydrogens (primary N) is 1. The topological polar surface area (TPSA) is 41.7 Å². The van der Waals surface area contributed by atoms with Gasteiger partial charge in [-0.1, -0.05) is 0 Å². The van der Waals surface area contributed by atoms with Crippen molar-refractivity contribution in [3.05, 3.63) is 23.8 Å². The number of nitrogen functional groups attached to an aromatic ring is 1. The molecule has 0 amide bonds. The van der Waals surface area contributed by atoms with Gasteiger partial charge in [0.2, 0.25) is 0 Å². The maximum absolute atomic E-state index is 5.96. The van der Waals surface area contributed by atoms with Gasteiger partial charge in [0.1, 0.15) is 5.75 Å². The van der Waals surface area contributed by atoms with Crippen molar-refractivity contribution in [3.8, 4) is 5.75 Å². The smallest absolute Gasteiger partial charge is 0.123 e. The van der Waals surface area contributed by atoms with E-state index in [9.17, 15) is 0 Å². The summed E-state index contributed by atoms with van der Waals surface area (Å²) in [5.74, 6) is 0.981. The summed E-state index contributed by atoms with van der Waals surface area (Å²) in [5.41, 5.74) is 8.00. The van der Waals surface area contributed by atoms with Crippen molar-refractivity contribution in [2.75, 3.05) is 32.5 Å². The molecule has 2 unspecified atom stereocenters. The standard InChI is InChI=1S/C17H27N3O/c1-3-21-17-7-4-14(18)10-13(17)11-20-9-8-15-5-6-16(12-20)19(15)2/h4,7,10,15-16H,3,5-6,8-9,11-12,18H2,1-2H3. The minimum absolute atomic E-state index is 0.699. The van der Waals surface area contributed by atoms with Crippen LogP contribution in [0.4, 0.5) is 5.69 Å². The minimum Gasteiger partial charge on any atom is -0.494 e. The first-order valence-corrected chi connectivity index (χ1v) is 8.13. The molecule has 4 heteroatoms. The predicted molar refractivity (Wildman–Crippen MR) is 86.5 cm³/mol. The number of hydrogen-bond donors (Lipinski definition) is 1. The zero-order valence-corrected chi connectivity index (χ0v) is 13.2. The quantitative estimate of drug-likeness (QED) is 0.864. The van der Waals surface area contributed by atoms with E-state index < -0.39 is 0 Å². The number of rotatable bonds is 4. The molecule has 2 aliphatic heterocycles. The average Bonchev–Trinajstić information content (AvgIpc) is 2.70.